The van der Waals surface area contributed by atoms with Gasteiger partial charge in [-0.2, -0.15) is 0 Å². The predicted octanol–water partition coefficient (Wildman–Crippen LogP) is 6.84. The molecule has 2 aromatic carbocycles. The monoisotopic (exact) mass is 687 g/mol. The lowest BCUT2D eigenvalue weighted by atomic mass is 9.57. The number of rotatable bonds is 9. The second kappa shape index (κ2) is 14.9. The number of piperidine rings is 1. The molecule has 4 aliphatic rings. The number of imide groups is 1. The molecule has 9 heteroatoms. The van der Waals surface area contributed by atoms with Crippen molar-refractivity contribution in [3.63, 3.8) is 0 Å². The quantitative estimate of drug-likeness (QED) is 0.144. The zero-order valence-electron chi connectivity index (χ0n) is 30.3. The van der Waals surface area contributed by atoms with Gasteiger partial charge in [0.05, 0.1) is 23.6 Å². The van der Waals surface area contributed by atoms with Gasteiger partial charge in [-0.15, -0.1) is 0 Å². The number of phenols is 1. The summed E-state index contributed by atoms with van der Waals surface area (Å²) in [6, 6.07) is 20.2. The van der Waals surface area contributed by atoms with Crippen LogP contribution in [0.3, 0.4) is 0 Å². The Kier molecular flexibility index (Phi) is 10.3. The molecule has 1 aromatic heterocycles. The number of phenolic OH excluding ortho intramolecular Hbond substituents is 1. The Morgan fingerprint density at radius 3 is 2.37 bits per heavy atom. The summed E-state index contributed by atoms with van der Waals surface area (Å²) in [5.74, 6) is -0.694. The van der Waals surface area contributed by atoms with Crippen molar-refractivity contribution in [2.24, 2.45) is 23.7 Å². The van der Waals surface area contributed by atoms with Crippen molar-refractivity contribution < 1.29 is 24.4 Å². The first kappa shape index (κ1) is 35.4. The maximum absolute atomic E-state index is 14.4. The lowest BCUT2D eigenvalue weighted by Gasteiger charge is -2.44. The van der Waals surface area contributed by atoms with Crippen molar-refractivity contribution in [3.05, 3.63) is 106 Å². The fourth-order valence-electron chi connectivity index (χ4n) is 9.20. The van der Waals surface area contributed by atoms with E-state index in [1.807, 2.05) is 50.2 Å². The normalized spacial score (nSPS) is 24.8. The van der Waals surface area contributed by atoms with Gasteiger partial charge in [-0.3, -0.25) is 24.4 Å². The van der Waals surface area contributed by atoms with Crippen molar-refractivity contribution in [1.29, 1.82) is 0 Å². The first-order valence-corrected chi connectivity index (χ1v) is 18.7. The summed E-state index contributed by atoms with van der Waals surface area (Å²) in [6.07, 6.45) is 7.19. The average Bonchev–Trinajstić information content (AvgIpc) is 3.38. The third kappa shape index (κ3) is 7.21. The Bertz CT molecular complexity index is 1800. The number of nitrogens with zero attached hydrogens (tertiary/aromatic N) is 3. The number of hydrogen-bond acceptors (Lipinski definition) is 7. The van der Waals surface area contributed by atoms with Crippen LogP contribution in [0.4, 0.5) is 0 Å². The molecular formula is C42H50BN3O5. The van der Waals surface area contributed by atoms with E-state index in [1.165, 1.54) is 11.1 Å². The molecule has 51 heavy (non-hydrogen) atoms. The Morgan fingerprint density at radius 1 is 1.00 bits per heavy atom. The molecule has 3 saturated heterocycles. The lowest BCUT2D eigenvalue weighted by molar-refractivity contribution is -0.144. The third-order valence-corrected chi connectivity index (χ3v) is 11.7. The minimum atomic E-state index is -1.02. The van der Waals surface area contributed by atoms with Crippen LogP contribution >= 0.6 is 0 Å². The van der Waals surface area contributed by atoms with Gasteiger partial charge in [-0.1, -0.05) is 55.8 Å². The molecule has 3 fully saturated rings. The van der Waals surface area contributed by atoms with Gasteiger partial charge in [0.1, 0.15) is 5.75 Å². The Labute approximate surface area is 302 Å². The zero-order chi connectivity index (χ0) is 35.8. The number of allylic oxidation sites excluding steroid dienone is 2. The molecule has 7 rings (SSSR count). The van der Waals surface area contributed by atoms with Gasteiger partial charge in [0.25, 0.3) is 0 Å². The van der Waals surface area contributed by atoms with Crippen LogP contribution in [0.2, 0.25) is 6.32 Å². The van der Waals surface area contributed by atoms with E-state index in [0.717, 1.165) is 66.0 Å². The van der Waals surface area contributed by atoms with E-state index in [4.69, 9.17) is 4.65 Å². The number of carbonyl (C=O) groups is 2. The van der Waals surface area contributed by atoms with Crippen molar-refractivity contribution >= 4 is 30.6 Å². The van der Waals surface area contributed by atoms with Gasteiger partial charge in [-0.25, -0.2) is 0 Å². The molecule has 8 nitrogen and oxygen atoms in total. The molecule has 3 aliphatic heterocycles. The van der Waals surface area contributed by atoms with Crippen LogP contribution in [0.5, 0.6) is 5.75 Å². The van der Waals surface area contributed by atoms with E-state index in [2.05, 4.69) is 54.1 Å². The molecule has 0 bridgehead atoms. The number of aromatic hydroxyl groups is 1. The minimum Gasteiger partial charge on any atom is -0.507 e. The zero-order valence-corrected chi connectivity index (χ0v) is 30.3. The highest BCUT2D eigenvalue weighted by Crippen LogP contribution is 2.52. The van der Waals surface area contributed by atoms with Gasteiger partial charge in [0.15, 0.2) is 0 Å². The first-order chi connectivity index (χ1) is 24.6. The molecule has 1 aliphatic carbocycles. The highest BCUT2D eigenvalue weighted by atomic mass is 16.5. The van der Waals surface area contributed by atoms with E-state index < -0.39 is 13.0 Å². The van der Waals surface area contributed by atoms with E-state index >= 15 is 0 Å². The van der Waals surface area contributed by atoms with Crippen LogP contribution in [-0.4, -0.2) is 69.1 Å². The molecule has 3 aromatic rings. The summed E-state index contributed by atoms with van der Waals surface area (Å²) >= 11 is 0. The maximum Gasteiger partial charge on any atom is 0.455 e. The van der Waals surface area contributed by atoms with Crippen LogP contribution in [0.15, 0.2) is 78.0 Å². The fraction of sp³-hybridized carbons (Fsp3) is 0.452. The van der Waals surface area contributed by atoms with Crippen molar-refractivity contribution in [2.75, 3.05) is 13.1 Å². The highest BCUT2D eigenvalue weighted by Gasteiger charge is 2.58. The minimum absolute atomic E-state index is 0.0268. The Balaban J connectivity index is 1.12. The summed E-state index contributed by atoms with van der Waals surface area (Å²) in [4.78, 5) is 37.3. The van der Waals surface area contributed by atoms with Crippen LogP contribution in [0.1, 0.15) is 73.9 Å². The van der Waals surface area contributed by atoms with Gasteiger partial charge in [0, 0.05) is 31.9 Å². The molecule has 4 atom stereocenters. The van der Waals surface area contributed by atoms with E-state index in [0.29, 0.717) is 31.3 Å². The summed E-state index contributed by atoms with van der Waals surface area (Å²) in [5, 5.41) is 21.6. The summed E-state index contributed by atoms with van der Waals surface area (Å²) in [6.45, 7) is 10.7. The molecule has 0 unspecified atom stereocenters. The van der Waals surface area contributed by atoms with E-state index in [-0.39, 0.29) is 41.7 Å². The second-order valence-electron chi connectivity index (χ2n) is 15.4. The number of aryl methyl sites for hydroxylation is 2. The maximum atomic E-state index is 14.4. The summed E-state index contributed by atoms with van der Waals surface area (Å²) in [5.41, 5.74) is 8.09. The molecule has 0 spiro atoms. The van der Waals surface area contributed by atoms with E-state index in [1.54, 1.807) is 11.1 Å². The SMILES string of the molecule is Cc1cc(/C=C(/CC[C@H]2OB(O)C[C@H]3C2=C(C(C)C)C[C@H]2C(=O)N(C4CCN(Cc5ccccc5)CC4)C(=O)[C@H]23)c2ccccn2)cc(C)c1O. The summed E-state index contributed by atoms with van der Waals surface area (Å²) in [7, 11) is -1.02. The molecule has 2 N–H and O–H groups in total. The van der Waals surface area contributed by atoms with Crippen LogP contribution in [0.25, 0.3) is 11.6 Å². The van der Waals surface area contributed by atoms with Crippen LogP contribution in [-0.2, 0) is 20.8 Å². The molecular weight excluding hydrogens is 637 g/mol. The molecule has 0 saturated carbocycles. The van der Waals surface area contributed by atoms with Crippen molar-refractivity contribution in [2.45, 2.75) is 84.8 Å². The average molecular weight is 688 g/mol. The van der Waals surface area contributed by atoms with Crippen molar-refractivity contribution in [3.8, 4) is 5.75 Å². The smallest absolute Gasteiger partial charge is 0.455 e. The number of likely N-dealkylation sites (tertiary alicyclic amines) is 2. The lowest BCUT2D eigenvalue weighted by Crippen LogP contribution is -2.48. The Hall–Kier alpha value is -4.05. The van der Waals surface area contributed by atoms with Gasteiger partial charge in [-0.05, 0) is 128 Å². The fourth-order valence-corrected chi connectivity index (χ4v) is 9.20. The van der Waals surface area contributed by atoms with Gasteiger partial charge in [0.2, 0.25) is 11.8 Å². The number of carbonyl (C=O) groups excluding carboxylic acids is 2. The number of benzene rings is 2. The number of aromatic nitrogens is 1. The number of hydrogen-bond donors (Lipinski definition) is 2. The third-order valence-electron chi connectivity index (χ3n) is 11.7. The highest BCUT2D eigenvalue weighted by molar-refractivity contribution is 6.43. The van der Waals surface area contributed by atoms with Gasteiger partial charge < -0.3 is 14.8 Å². The van der Waals surface area contributed by atoms with E-state index in [9.17, 15) is 19.7 Å². The number of fused-ring (bicyclic) bond motifs is 3. The van der Waals surface area contributed by atoms with Crippen molar-refractivity contribution in [1.82, 2.24) is 14.8 Å². The Morgan fingerprint density at radius 2 is 1.71 bits per heavy atom. The number of amides is 2. The predicted molar refractivity (Wildman–Crippen MR) is 200 cm³/mol. The molecule has 2 amide bonds. The molecule has 266 valence electrons. The summed E-state index contributed by atoms with van der Waals surface area (Å²) < 4.78 is 6.34. The van der Waals surface area contributed by atoms with Crippen LogP contribution < -0.4 is 0 Å². The second-order valence-corrected chi connectivity index (χ2v) is 15.4. The molecule has 4 heterocycles. The molecule has 0 radical (unpaired) electrons. The standard InChI is InChI=1S/C42H50BN3O5/c1-26(2)33-23-34-39(42(49)46(41(34)48)32-15-18-45(19-16-32)25-29-10-6-5-7-11-29)35-24-43(50)51-37(38(33)35)14-13-31(36-12-8-9-17-44-36)22-30-20-27(3)40(47)28(4)21-30/h5-12,17,20-22,26,32,34-35,37,39,47,50H,13-16,18-19,23-25H2,1-4H3/b31-22-/t34-,35+,37-,39-/m1/s1. The van der Waals surface area contributed by atoms with Gasteiger partial charge >= 0.3 is 7.12 Å². The largest absolute Gasteiger partial charge is 0.507 e. The number of pyridine rings is 1. The first-order valence-electron chi connectivity index (χ1n) is 18.7. The van der Waals surface area contributed by atoms with Crippen LogP contribution in [0, 0.1) is 37.5 Å². The topological polar surface area (TPSA) is 103 Å².